The molecule has 1 aromatic heterocycles. The lowest BCUT2D eigenvalue weighted by Crippen LogP contribution is -2.31. The van der Waals surface area contributed by atoms with Crippen molar-refractivity contribution in [1.82, 2.24) is 15.3 Å². The van der Waals surface area contributed by atoms with Crippen molar-refractivity contribution < 1.29 is 4.79 Å². The van der Waals surface area contributed by atoms with Gasteiger partial charge in [0.1, 0.15) is 5.82 Å². The topological polar surface area (TPSA) is 70.2 Å². The fraction of sp³-hybridized carbons (Fsp3) is 0.643. The largest absolute Gasteiger partial charge is 0.356 e. The molecule has 110 valence electrons. The smallest absolute Gasteiger partial charge is 0.224 e. The van der Waals surface area contributed by atoms with Gasteiger partial charge in [0, 0.05) is 44.9 Å². The molecular weight excluding hydrogens is 254 g/mol. The van der Waals surface area contributed by atoms with Crippen LogP contribution in [0.15, 0.2) is 6.07 Å². The van der Waals surface area contributed by atoms with Crippen LogP contribution < -0.4 is 15.5 Å². The van der Waals surface area contributed by atoms with Crippen molar-refractivity contribution in [2.45, 2.75) is 33.1 Å². The molecule has 0 atom stereocenters. The maximum Gasteiger partial charge on any atom is 0.224 e. The molecule has 1 amide bonds. The molecule has 0 unspecified atom stereocenters. The van der Waals surface area contributed by atoms with Crippen LogP contribution in [0.2, 0.25) is 0 Å². The molecule has 1 aliphatic heterocycles. The molecule has 2 heterocycles. The number of aryl methyl sites for hydroxylation is 1. The standard InChI is InChI=1S/C14H23N5O/c1-11-10-13(19-8-4-3-5-9-19)18-14(17-11)16-7-6-15-12(2)20/h10H,3-9H2,1-2H3,(H,15,20)(H,16,17,18). The SMILES string of the molecule is CC(=O)NCCNc1nc(C)cc(N2CCCCC2)n1. The number of aromatic nitrogens is 2. The fourth-order valence-electron chi connectivity index (χ4n) is 2.33. The maximum atomic E-state index is 10.8. The average Bonchev–Trinajstić information content (AvgIpc) is 2.44. The first-order valence-electron chi connectivity index (χ1n) is 7.24. The second kappa shape index (κ2) is 7.07. The van der Waals surface area contributed by atoms with Crippen molar-refractivity contribution in [3.05, 3.63) is 11.8 Å². The van der Waals surface area contributed by atoms with E-state index in [0.29, 0.717) is 19.0 Å². The molecule has 0 radical (unpaired) electrons. The van der Waals surface area contributed by atoms with Crippen LogP contribution in [0, 0.1) is 6.92 Å². The molecule has 0 bridgehead atoms. The van der Waals surface area contributed by atoms with E-state index in [1.165, 1.54) is 26.2 Å². The van der Waals surface area contributed by atoms with Crippen molar-refractivity contribution >= 4 is 17.7 Å². The van der Waals surface area contributed by atoms with E-state index >= 15 is 0 Å². The van der Waals surface area contributed by atoms with Crippen molar-refractivity contribution in [3.63, 3.8) is 0 Å². The molecule has 1 aliphatic rings. The number of anilines is 2. The van der Waals surface area contributed by atoms with Gasteiger partial charge in [-0.3, -0.25) is 4.79 Å². The van der Waals surface area contributed by atoms with Crippen LogP contribution in [0.4, 0.5) is 11.8 Å². The van der Waals surface area contributed by atoms with Gasteiger partial charge < -0.3 is 15.5 Å². The predicted octanol–water partition coefficient (Wildman–Crippen LogP) is 1.32. The van der Waals surface area contributed by atoms with Crippen LogP contribution in [-0.2, 0) is 4.79 Å². The number of hydrogen-bond acceptors (Lipinski definition) is 5. The second-order valence-corrected chi connectivity index (χ2v) is 5.15. The molecule has 2 rings (SSSR count). The monoisotopic (exact) mass is 277 g/mol. The van der Waals surface area contributed by atoms with Gasteiger partial charge in [0.25, 0.3) is 0 Å². The van der Waals surface area contributed by atoms with Crippen LogP contribution in [-0.4, -0.2) is 42.1 Å². The van der Waals surface area contributed by atoms with Gasteiger partial charge in [-0.25, -0.2) is 4.98 Å². The van der Waals surface area contributed by atoms with E-state index < -0.39 is 0 Å². The lowest BCUT2D eigenvalue weighted by molar-refractivity contribution is -0.118. The predicted molar refractivity (Wildman–Crippen MR) is 80.0 cm³/mol. The highest BCUT2D eigenvalue weighted by Gasteiger charge is 2.13. The average molecular weight is 277 g/mol. The molecule has 1 fully saturated rings. The normalized spacial score (nSPS) is 15.0. The van der Waals surface area contributed by atoms with Gasteiger partial charge in [-0.1, -0.05) is 0 Å². The fourth-order valence-corrected chi connectivity index (χ4v) is 2.33. The summed E-state index contributed by atoms with van der Waals surface area (Å²) in [4.78, 5) is 22.1. The lowest BCUT2D eigenvalue weighted by atomic mass is 10.1. The van der Waals surface area contributed by atoms with Gasteiger partial charge in [0.2, 0.25) is 11.9 Å². The number of nitrogens with one attached hydrogen (secondary N) is 2. The first-order valence-corrected chi connectivity index (χ1v) is 7.24. The number of piperidine rings is 1. The van der Waals surface area contributed by atoms with E-state index in [4.69, 9.17) is 0 Å². The zero-order valence-corrected chi connectivity index (χ0v) is 12.3. The molecule has 0 aromatic carbocycles. The van der Waals surface area contributed by atoms with E-state index in [1.807, 2.05) is 13.0 Å². The van der Waals surface area contributed by atoms with Crippen LogP contribution in [0.3, 0.4) is 0 Å². The van der Waals surface area contributed by atoms with Gasteiger partial charge in [0.05, 0.1) is 0 Å². The number of hydrogen-bond donors (Lipinski definition) is 2. The first kappa shape index (κ1) is 14.6. The highest BCUT2D eigenvalue weighted by Crippen LogP contribution is 2.19. The summed E-state index contributed by atoms with van der Waals surface area (Å²) in [6.07, 6.45) is 3.77. The number of carbonyl (C=O) groups is 1. The van der Waals surface area contributed by atoms with E-state index in [9.17, 15) is 4.79 Å². The lowest BCUT2D eigenvalue weighted by Gasteiger charge is -2.28. The molecule has 6 heteroatoms. The number of carbonyl (C=O) groups excluding carboxylic acids is 1. The third-order valence-electron chi connectivity index (χ3n) is 3.30. The van der Waals surface area contributed by atoms with Crippen molar-refractivity contribution in [2.75, 3.05) is 36.4 Å². The van der Waals surface area contributed by atoms with Crippen molar-refractivity contribution in [2.24, 2.45) is 0 Å². The third kappa shape index (κ3) is 4.36. The molecular formula is C14H23N5O. The zero-order chi connectivity index (χ0) is 14.4. The molecule has 1 aromatic rings. The van der Waals surface area contributed by atoms with Gasteiger partial charge in [0.15, 0.2) is 0 Å². The van der Waals surface area contributed by atoms with E-state index in [-0.39, 0.29) is 5.91 Å². The van der Waals surface area contributed by atoms with Crippen LogP contribution in [0.25, 0.3) is 0 Å². The summed E-state index contributed by atoms with van der Waals surface area (Å²) in [6, 6.07) is 2.03. The van der Waals surface area contributed by atoms with Crippen molar-refractivity contribution in [1.29, 1.82) is 0 Å². The Morgan fingerprint density at radius 3 is 2.70 bits per heavy atom. The molecule has 20 heavy (non-hydrogen) atoms. The highest BCUT2D eigenvalue weighted by atomic mass is 16.1. The first-order chi connectivity index (χ1) is 9.65. The highest BCUT2D eigenvalue weighted by molar-refractivity contribution is 5.72. The summed E-state index contributed by atoms with van der Waals surface area (Å²) in [5.41, 5.74) is 0.961. The Morgan fingerprint density at radius 2 is 2.00 bits per heavy atom. The third-order valence-corrected chi connectivity index (χ3v) is 3.30. The second-order valence-electron chi connectivity index (χ2n) is 5.15. The summed E-state index contributed by atoms with van der Waals surface area (Å²) in [6.45, 7) is 6.84. The van der Waals surface area contributed by atoms with Crippen LogP contribution in [0.5, 0.6) is 0 Å². The molecule has 0 spiro atoms. The minimum absolute atomic E-state index is 0.0223. The maximum absolute atomic E-state index is 10.8. The Kier molecular flexibility index (Phi) is 5.15. The van der Waals surface area contributed by atoms with Crippen LogP contribution in [0.1, 0.15) is 31.9 Å². The van der Waals surface area contributed by atoms with Gasteiger partial charge in [-0.05, 0) is 26.2 Å². The molecule has 0 aliphatic carbocycles. The summed E-state index contributed by atoms with van der Waals surface area (Å²) in [5, 5.41) is 5.90. The minimum atomic E-state index is -0.0223. The van der Waals surface area contributed by atoms with Gasteiger partial charge in [-0.15, -0.1) is 0 Å². The summed E-state index contributed by atoms with van der Waals surface area (Å²) >= 11 is 0. The summed E-state index contributed by atoms with van der Waals surface area (Å²) in [7, 11) is 0. The Labute approximate surface area is 120 Å². The zero-order valence-electron chi connectivity index (χ0n) is 12.3. The van der Waals surface area contributed by atoms with Gasteiger partial charge in [-0.2, -0.15) is 4.98 Å². The van der Waals surface area contributed by atoms with E-state index in [0.717, 1.165) is 24.6 Å². The van der Waals surface area contributed by atoms with E-state index in [2.05, 4.69) is 25.5 Å². The van der Waals surface area contributed by atoms with E-state index in [1.54, 1.807) is 0 Å². The van der Waals surface area contributed by atoms with Crippen molar-refractivity contribution in [3.8, 4) is 0 Å². The Hall–Kier alpha value is -1.85. The van der Waals surface area contributed by atoms with Crippen LogP contribution >= 0.6 is 0 Å². The molecule has 0 saturated carbocycles. The van der Waals surface area contributed by atoms with Gasteiger partial charge >= 0.3 is 0 Å². The Balaban J connectivity index is 1.95. The molecule has 1 saturated heterocycles. The molecule has 2 N–H and O–H groups in total. The summed E-state index contributed by atoms with van der Waals surface area (Å²) < 4.78 is 0. The Bertz CT molecular complexity index is 457. The number of rotatable bonds is 5. The number of amides is 1. The molecule has 6 nitrogen and oxygen atoms in total. The quantitative estimate of drug-likeness (QED) is 0.794. The minimum Gasteiger partial charge on any atom is -0.356 e. The summed E-state index contributed by atoms with van der Waals surface area (Å²) in [5.74, 6) is 1.61. The number of nitrogens with zero attached hydrogens (tertiary/aromatic N) is 3. The Morgan fingerprint density at radius 1 is 1.25 bits per heavy atom.